The minimum atomic E-state index is -2.89. The largest absolute Gasteiger partial charge is 0.497 e. The quantitative estimate of drug-likeness (QED) is 0.411. The van der Waals surface area contributed by atoms with E-state index < -0.39 is 11.7 Å². The van der Waals surface area contributed by atoms with Crippen LogP contribution in [-0.2, 0) is 18.8 Å². The van der Waals surface area contributed by atoms with E-state index in [1.807, 2.05) is 17.0 Å². The van der Waals surface area contributed by atoms with Crippen molar-refractivity contribution in [1.82, 2.24) is 9.97 Å². The summed E-state index contributed by atoms with van der Waals surface area (Å²) in [7, 11) is 3.17. The Bertz CT molecular complexity index is 1110. The topological polar surface area (TPSA) is 47.5 Å². The van der Waals surface area contributed by atoms with Gasteiger partial charge in [-0.3, -0.25) is 0 Å². The van der Waals surface area contributed by atoms with E-state index >= 15 is 4.39 Å². The number of nitrogens with zero attached hydrogens (tertiary/aromatic N) is 3. The highest BCUT2D eigenvalue weighted by Gasteiger charge is 2.31. The van der Waals surface area contributed by atoms with E-state index in [-0.39, 0.29) is 17.4 Å². The molecule has 34 heavy (non-hydrogen) atoms. The lowest BCUT2D eigenvalue weighted by molar-refractivity contribution is 0.0174. The van der Waals surface area contributed by atoms with Gasteiger partial charge in [-0.25, -0.2) is 23.1 Å². The minimum Gasteiger partial charge on any atom is -0.497 e. The van der Waals surface area contributed by atoms with Gasteiger partial charge in [0.2, 0.25) is 0 Å². The van der Waals surface area contributed by atoms with Crippen LogP contribution in [0.1, 0.15) is 48.2 Å². The summed E-state index contributed by atoms with van der Waals surface area (Å²) in [6.07, 6.45) is 3.98. The third-order valence-corrected chi connectivity index (χ3v) is 6.23. The van der Waals surface area contributed by atoms with Crippen molar-refractivity contribution in [2.24, 2.45) is 0 Å². The lowest BCUT2D eigenvalue weighted by Crippen LogP contribution is -2.25. The van der Waals surface area contributed by atoms with Crippen molar-refractivity contribution in [3.8, 4) is 11.5 Å². The third-order valence-electron chi connectivity index (χ3n) is 6.23. The van der Waals surface area contributed by atoms with Crippen molar-refractivity contribution in [1.29, 1.82) is 0 Å². The Hall–Kier alpha value is -3.29. The summed E-state index contributed by atoms with van der Waals surface area (Å²) in [6, 6.07) is 11.7. The van der Waals surface area contributed by atoms with Gasteiger partial charge in [0.25, 0.3) is 5.92 Å². The van der Waals surface area contributed by atoms with E-state index in [1.54, 1.807) is 32.4 Å². The van der Waals surface area contributed by atoms with Gasteiger partial charge in [0.15, 0.2) is 11.6 Å². The van der Waals surface area contributed by atoms with Crippen LogP contribution in [0.2, 0.25) is 0 Å². The molecule has 1 atom stereocenters. The maximum atomic E-state index is 15.5. The van der Waals surface area contributed by atoms with Gasteiger partial charge in [0, 0.05) is 25.1 Å². The first kappa shape index (κ1) is 23.9. The molecule has 0 aliphatic carbocycles. The summed E-state index contributed by atoms with van der Waals surface area (Å²) in [6.45, 7) is 1.51. The average Bonchev–Trinajstić information content (AvgIpc) is 3.32. The highest BCUT2D eigenvalue weighted by Crippen LogP contribution is 2.38. The van der Waals surface area contributed by atoms with Gasteiger partial charge in [-0.15, -0.1) is 0 Å². The van der Waals surface area contributed by atoms with Crippen LogP contribution in [0.4, 0.5) is 19.0 Å². The lowest BCUT2D eigenvalue weighted by atomic mass is 10.0. The van der Waals surface area contributed by atoms with E-state index in [1.165, 1.54) is 18.5 Å². The number of alkyl halides is 2. The number of halogens is 3. The van der Waals surface area contributed by atoms with E-state index in [2.05, 4.69) is 9.97 Å². The Morgan fingerprint density at radius 3 is 2.29 bits per heavy atom. The summed E-state index contributed by atoms with van der Waals surface area (Å²) < 4.78 is 53.3. The summed E-state index contributed by atoms with van der Waals surface area (Å²) in [5, 5.41) is 0. The molecule has 1 fully saturated rings. The van der Waals surface area contributed by atoms with Crippen LogP contribution in [0.5, 0.6) is 11.5 Å². The Kier molecular flexibility index (Phi) is 6.95. The van der Waals surface area contributed by atoms with Crippen LogP contribution in [-0.4, -0.2) is 30.7 Å². The molecule has 0 spiro atoms. The number of hydrogen-bond donors (Lipinski definition) is 0. The summed E-state index contributed by atoms with van der Waals surface area (Å²) in [4.78, 5) is 10.3. The standard InChI is InChI=1S/C26H28F3N3O2/c1-26(28,29)19-9-7-18(8-10-19)23-5-4-12-32(23)25-24(27)22(30-16-31-25)11-6-17-13-20(33-2)15-21(14-17)34-3/h7-10,13-16,23H,4-6,11-12H2,1-3H3. The number of hydrogen-bond acceptors (Lipinski definition) is 5. The van der Waals surface area contributed by atoms with E-state index in [0.717, 1.165) is 30.9 Å². The van der Waals surface area contributed by atoms with Crippen LogP contribution in [0.25, 0.3) is 0 Å². The predicted octanol–water partition coefficient (Wildman–Crippen LogP) is 5.87. The molecule has 0 radical (unpaired) electrons. The highest BCUT2D eigenvalue weighted by atomic mass is 19.3. The Balaban J connectivity index is 1.54. The number of benzene rings is 2. The molecule has 1 aromatic heterocycles. The van der Waals surface area contributed by atoms with Gasteiger partial charge >= 0.3 is 0 Å². The maximum Gasteiger partial charge on any atom is 0.270 e. The van der Waals surface area contributed by atoms with Crippen molar-refractivity contribution in [2.75, 3.05) is 25.7 Å². The fourth-order valence-electron chi connectivity index (χ4n) is 4.41. The van der Waals surface area contributed by atoms with Crippen LogP contribution in [0, 0.1) is 5.82 Å². The maximum absolute atomic E-state index is 15.5. The molecule has 2 aromatic carbocycles. The van der Waals surface area contributed by atoms with Crippen molar-refractivity contribution < 1.29 is 22.6 Å². The molecule has 3 aromatic rings. The smallest absolute Gasteiger partial charge is 0.270 e. The molecule has 1 unspecified atom stereocenters. The first-order valence-electron chi connectivity index (χ1n) is 11.3. The summed E-state index contributed by atoms with van der Waals surface area (Å²) >= 11 is 0. The normalized spacial score (nSPS) is 16.1. The van der Waals surface area contributed by atoms with E-state index in [9.17, 15) is 8.78 Å². The second kappa shape index (κ2) is 9.91. The van der Waals surface area contributed by atoms with Gasteiger partial charge < -0.3 is 14.4 Å². The van der Waals surface area contributed by atoms with Crippen LogP contribution in [0.3, 0.4) is 0 Å². The van der Waals surface area contributed by atoms with Crippen molar-refractivity contribution in [3.05, 3.63) is 77.0 Å². The second-order valence-electron chi connectivity index (χ2n) is 8.54. The van der Waals surface area contributed by atoms with Crippen molar-refractivity contribution in [2.45, 2.75) is 44.6 Å². The van der Waals surface area contributed by atoms with Gasteiger partial charge in [0.05, 0.1) is 26.0 Å². The lowest BCUT2D eigenvalue weighted by Gasteiger charge is -2.27. The first-order chi connectivity index (χ1) is 16.3. The van der Waals surface area contributed by atoms with Gasteiger partial charge in [-0.05, 0) is 48.9 Å². The zero-order chi connectivity index (χ0) is 24.3. The average molecular weight is 472 g/mol. The third kappa shape index (κ3) is 5.11. The first-order valence-corrected chi connectivity index (χ1v) is 11.3. The van der Waals surface area contributed by atoms with Gasteiger partial charge in [-0.1, -0.05) is 24.3 Å². The molecular weight excluding hydrogens is 443 g/mol. The van der Waals surface area contributed by atoms with Crippen LogP contribution >= 0.6 is 0 Å². The highest BCUT2D eigenvalue weighted by molar-refractivity contribution is 5.47. The molecule has 180 valence electrons. The van der Waals surface area contributed by atoms with Crippen molar-refractivity contribution in [3.63, 3.8) is 0 Å². The molecule has 0 N–H and O–H groups in total. The molecule has 1 aliphatic rings. The number of anilines is 1. The SMILES string of the molecule is COc1cc(CCc2ncnc(N3CCCC3c3ccc(C(C)(F)F)cc3)c2F)cc(OC)c1. The van der Waals surface area contributed by atoms with Gasteiger partial charge in [0.1, 0.15) is 17.8 Å². The molecule has 5 nitrogen and oxygen atoms in total. The number of methoxy groups -OCH3 is 2. The zero-order valence-corrected chi connectivity index (χ0v) is 19.5. The van der Waals surface area contributed by atoms with Crippen molar-refractivity contribution >= 4 is 5.82 Å². The fraction of sp³-hybridized carbons (Fsp3) is 0.385. The predicted molar refractivity (Wildman–Crippen MR) is 124 cm³/mol. The molecule has 4 rings (SSSR count). The van der Waals surface area contributed by atoms with E-state index in [0.29, 0.717) is 36.6 Å². The molecule has 8 heteroatoms. The molecular formula is C26H28F3N3O2. The number of ether oxygens (including phenoxy) is 2. The number of aryl methyl sites for hydroxylation is 2. The Morgan fingerprint density at radius 2 is 1.68 bits per heavy atom. The number of aromatic nitrogens is 2. The minimum absolute atomic E-state index is 0.0366. The van der Waals surface area contributed by atoms with Crippen LogP contribution in [0.15, 0.2) is 48.8 Å². The Labute approximate surface area is 197 Å². The van der Waals surface area contributed by atoms with E-state index in [4.69, 9.17) is 9.47 Å². The Morgan fingerprint density at radius 1 is 1.00 bits per heavy atom. The number of rotatable bonds is 8. The second-order valence-corrected chi connectivity index (χ2v) is 8.54. The monoisotopic (exact) mass is 471 g/mol. The summed E-state index contributed by atoms with van der Waals surface area (Å²) in [5.41, 5.74) is 2.11. The fourth-order valence-corrected chi connectivity index (χ4v) is 4.41. The molecule has 0 amide bonds. The molecule has 1 saturated heterocycles. The molecule has 1 aliphatic heterocycles. The molecule has 2 heterocycles. The molecule has 0 saturated carbocycles. The molecule has 0 bridgehead atoms. The van der Waals surface area contributed by atoms with Gasteiger partial charge in [-0.2, -0.15) is 0 Å². The van der Waals surface area contributed by atoms with Crippen LogP contribution < -0.4 is 14.4 Å². The summed E-state index contributed by atoms with van der Waals surface area (Å²) in [5.74, 6) is -1.74. The zero-order valence-electron chi connectivity index (χ0n) is 19.5.